The summed E-state index contributed by atoms with van der Waals surface area (Å²) in [5.41, 5.74) is 1.06. The predicted octanol–water partition coefficient (Wildman–Crippen LogP) is 4.24. The number of benzene rings is 1. The number of thioether (sulfide) groups is 1. The molecule has 1 nitrogen and oxygen atoms in total. The molecule has 0 aromatic heterocycles. The van der Waals surface area contributed by atoms with E-state index in [2.05, 4.69) is 18.2 Å². The van der Waals surface area contributed by atoms with Gasteiger partial charge in [-0.15, -0.1) is 11.8 Å². The largest absolute Gasteiger partial charge is 0.294 e. The molecule has 90 valence electrons. The lowest BCUT2D eigenvalue weighted by atomic mass is 10.1. The minimum absolute atomic E-state index is 0.320. The lowest BCUT2D eigenvalue weighted by Gasteiger charge is -2.04. The van der Waals surface area contributed by atoms with E-state index in [1.165, 1.54) is 24.2 Å². The highest BCUT2D eigenvalue weighted by Gasteiger charge is 2.11. The predicted molar refractivity (Wildman–Crippen MR) is 73.3 cm³/mol. The summed E-state index contributed by atoms with van der Waals surface area (Å²) in [7, 11) is 0. The number of allylic oxidation sites excluding steroid dienone is 2. The Morgan fingerprint density at radius 2 is 1.94 bits per heavy atom. The van der Waals surface area contributed by atoms with E-state index in [4.69, 9.17) is 0 Å². The van der Waals surface area contributed by atoms with Gasteiger partial charge in [0.25, 0.3) is 0 Å². The Morgan fingerprint density at radius 1 is 1.12 bits per heavy atom. The Hall–Kier alpha value is -1.02. The van der Waals surface area contributed by atoms with E-state index in [-0.39, 0.29) is 0 Å². The van der Waals surface area contributed by atoms with Gasteiger partial charge in [-0.3, -0.25) is 4.79 Å². The third-order valence-electron chi connectivity index (χ3n) is 3.01. The van der Waals surface area contributed by atoms with Crippen molar-refractivity contribution >= 4 is 17.5 Å². The van der Waals surface area contributed by atoms with Crippen molar-refractivity contribution in [1.29, 1.82) is 0 Å². The molecule has 0 spiro atoms. The van der Waals surface area contributed by atoms with Crippen molar-refractivity contribution in [2.45, 2.75) is 37.0 Å². The molecule has 0 fully saturated rings. The molecule has 0 amide bonds. The number of carbonyl (C=O) groups excluding carboxylic acids is 1. The first-order valence-electron chi connectivity index (χ1n) is 6.26. The average molecular weight is 246 g/mol. The Morgan fingerprint density at radius 3 is 2.76 bits per heavy atom. The van der Waals surface area contributed by atoms with Crippen LogP contribution in [0.1, 0.15) is 32.1 Å². The van der Waals surface area contributed by atoms with Gasteiger partial charge >= 0.3 is 0 Å². The topological polar surface area (TPSA) is 17.1 Å². The van der Waals surface area contributed by atoms with Gasteiger partial charge in [-0.05, 0) is 43.4 Å². The van der Waals surface area contributed by atoms with Gasteiger partial charge in [-0.25, -0.2) is 0 Å². The maximum Gasteiger partial charge on any atom is 0.168 e. The molecular formula is C15H18OS. The molecule has 0 saturated heterocycles. The van der Waals surface area contributed by atoms with Gasteiger partial charge in [0.15, 0.2) is 5.78 Å². The van der Waals surface area contributed by atoms with Gasteiger partial charge in [0.2, 0.25) is 0 Å². The van der Waals surface area contributed by atoms with E-state index in [9.17, 15) is 4.79 Å². The zero-order valence-electron chi connectivity index (χ0n) is 10.0. The summed E-state index contributed by atoms with van der Waals surface area (Å²) in [5, 5.41) is 0. The van der Waals surface area contributed by atoms with Gasteiger partial charge in [-0.1, -0.05) is 30.7 Å². The average Bonchev–Trinajstić information content (AvgIpc) is 2.66. The molecule has 0 atom stereocenters. The van der Waals surface area contributed by atoms with E-state index in [0.717, 1.165) is 18.4 Å². The molecule has 1 aromatic rings. The SMILES string of the molecule is O=C(CSc1ccccc1)C1=CCCCCC1. The van der Waals surface area contributed by atoms with E-state index < -0.39 is 0 Å². The first-order chi connectivity index (χ1) is 8.36. The molecule has 2 rings (SSSR count). The number of Topliss-reactive ketones (excluding diaryl/α,β-unsaturated/α-hetero) is 1. The van der Waals surface area contributed by atoms with E-state index in [1.807, 2.05) is 18.2 Å². The van der Waals surface area contributed by atoms with Crippen molar-refractivity contribution in [2.24, 2.45) is 0 Å². The second kappa shape index (κ2) is 6.65. The van der Waals surface area contributed by atoms with E-state index in [1.54, 1.807) is 11.8 Å². The second-order valence-corrected chi connectivity index (χ2v) is 5.40. The number of hydrogen-bond acceptors (Lipinski definition) is 2. The molecule has 0 heterocycles. The number of carbonyl (C=O) groups is 1. The highest BCUT2D eigenvalue weighted by atomic mass is 32.2. The highest BCUT2D eigenvalue weighted by Crippen LogP contribution is 2.22. The van der Waals surface area contributed by atoms with E-state index in [0.29, 0.717) is 11.5 Å². The fourth-order valence-corrected chi connectivity index (χ4v) is 2.86. The molecule has 1 aromatic carbocycles. The van der Waals surface area contributed by atoms with Crippen LogP contribution in [0.25, 0.3) is 0 Å². The van der Waals surface area contributed by atoms with Crippen molar-refractivity contribution in [3.05, 3.63) is 42.0 Å². The van der Waals surface area contributed by atoms with Crippen LogP contribution in [0.5, 0.6) is 0 Å². The van der Waals surface area contributed by atoms with Crippen molar-refractivity contribution in [3.8, 4) is 0 Å². The Kier molecular flexibility index (Phi) is 4.87. The van der Waals surface area contributed by atoms with Crippen LogP contribution >= 0.6 is 11.8 Å². The molecular weight excluding hydrogens is 228 g/mol. The molecule has 1 aliphatic carbocycles. The van der Waals surface area contributed by atoms with Crippen LogP contribution in [0.15, 0.2) is 46.9 Å². The third-order valence-corrected chi connectivity index (χ3v) is 4.02. The van der Waals surface area contributed by atoms with Crippen molar-refractivity contribution in [1.82, 2.24) is 0 Å². The fourth-order valence-electron chi connectivity index (χ4n) is 2.03. The number of hydrogen-bond donors (Lipinski definition) is 0. The normalized spacial score (nSPS) is 16.1. The standard InChI is InChI=1S/C15H18OS/c16-15(13-8-4-1-2-5-9-13)12-17-14-10-6-3-7-11-14/h3,6-8,10-11H,1-2,4-5,9,12H2. The number of ketones is 1. The third kappa shape index (κ3) is 4.04. The van der Waals surface area contributed by atoms with Crippen LogP contribution in [0.2, 0.25) is 0 Å². The molecule has 2 heteroatoms. The van der Waals surface area contributed by atoms with Gasteiger partial charge in [0, 0.05) is 4.90 Å². The summed E-state index contributed by atoms with van der Waals surface area (Å²) in [6.45, 7) is 0. The van der Waals surface area contributed by atoms with Gasteiger partial charge < -0.3 is 0 Å². The summed E-state index contributed by atoms with van der Waals surface area (Å²) < 4.78 is 0. The van der Waals surface area contributed by atoms with Crippen LogP contribution < -0.4 is 0 Å². The van der Waals surface area contributed by atoms with Crippen LogP contribution in [0.3, 0.4) is 0 Å². The number of rotatable bonds is 4. The van der Waals surface area contributed by atoms with Crippen LogP contribution in [0, 0.1) is 0 Å². The van der Waals surface area contributed by atoms with Crippen LogP contribution in [0.4, 0.5) is 0 Å². The lowest BCUT2D eigenvalue weighted by molar-refractivity contribution is -0.113. The van der Waals surface area contributed by atoms with Crippen LogP contribution in [-0.2, 0) is 4.79 Å². The molecule has 0 N–H and O–H groups in total. The summed E-state index contributed by atoms with van der Waals surface area (Å²) in [5.74, 6) is 0.899. The monoisotopic (exact) mass is 246 g/mol. The summed E-state index contributed by atoms with van der Waals surface area (Å²) in [4.78, 5) is 13.2. The van der Waals surface area contributed by atoms with Crippen molar-refractivity contribution in [2.75, 3.05) is 5.75 Å². The van der Waals surface area contributed by atoms with Crippen LogP contribution in [-0.4, -0.2) is 11.5 Å². The summed E-state index contributed by atoms with van der Waals surface area (Å²) in [6.07, 6.45) is 7.89. The minimum atomic E-state index is 0.320. The molecule has 0 unspecified atom stereocenters. The maximum atomic E-state index is 12.0. The first-order valence-corrected chi connectivity index (χ1v) is 7.25. The quantitative estimate of drug-likeness (QED) is 0.739. The minimum Gasteiger partial charge on any atom is -0.294 e. The second-order valence-electron chi connectivity index (χ2n) is 4.35. The zero-order valence-corrected chi connectivity index (χ0v) is 10.8. The van der Waals surface area contributed by atoms with E-state index >= 15 is 0 Å². The van der Waals surface area contributed by atoms with Crippen molar-refractivity contribution in [3.63, 3.8) is 0 Å². The maximum absolute atomic E-state index is 12.0. The van der Waals surface area contributed by atoms with Gasteiger partial charge in [-0.2, -0.15) is 0 Å². The van der Waals surface area contributed by atoms with Gasteiger partial charge in [0.05, 0.1) is 5.75 Å². The molecule has 0 aliphatic heterocycles. The molecule has 0 saturated carbocycles. The Bertz CT molecular complexity index is 395. The molecule has 17 heavy (non-hydrogen) atoms. The summed E-state index contributed by atoms with van der Waals surface area (Å²) >= 11 is 1.64. The van der Waals surface area contributed by atoms with Gasteiger partial charge in [0.1, 0.15) is 0 Å². The summed E-state index contributed by atoms with van der Waals surface area (Å²) in [6, 6.07) is 10.1. The Balaban J connectivity index is 1.86. The fraction of sp³-hybridized carbons (Fsp3) is 0.400. The zero-order chi connectivity index (χ0) is 11.9. The first kappa shape index (κ1) is 12.4. The highest BCUT2D eigenvalue weighted by molar-refractivity contribution is 8.00. The molecule has 0 bridgehead atoms. The smallest absolute Gasteiger partial charge is 0.168 e. The lowest BCUT2D eigenvalue weighted by Crippen LogP contribution is -2.05. The molecule has 0 radical (unpaired) electrons. The molecule has 1 aliphatic rings. The Labute approximate surface area is 107 Å². The van der Waals surface area contributed by atoms with Crippen molar-refractivity contribution < 1.29 is 4.79 Å².